The number of thiophene rings is 1. The van der Waals surface area contributed by atoms with Crippen LogP contribution < -0.4 is 10.1 Å². The van der Waals surface area contributed by atoms with Crippen molar-refractivity contribution in [1.29, 1.82) is 0 Å². The molecular formula is C27H37BN2O3S. The number of nitrogens with one attached hydrogen (secondary N) is 1. The van der Waals surface area contributed by atoms with E-state index in [-0.39, 0.29) is 23.6 Å². The molecule has 2 heterocycles. The summed E-state index contributed by atoms with van der Waals surface area (Å²) in [5, 5.41) is 3.83. The fraction of sp³-hybridized carbons (Fsp3) is 0.556. The molecular weight excluding hydrogens is 443 g/mol. The number of ether oxygens (including phenoxy) is 1. The van der Waals surface area contributed by atoms with E-state index in [0.717, 1.165) is 49.8 Å². The number of benzene rings is 1. The molecule has 1 aromatic heterocycles. The molecule has 34 heavy (non-hydrogen) atoms. The number of hydrogen-bond acceptors (Lipinski definition) is 5. The molecule has 4 rings (SSSR count). The van der Waals surface area contributed by atoms with Crippen LogP contribution in [0.5, 0.6) is 0 Å². The zero-order valence-electron chi connectivity index (χ0n) is 21.1. The highest BCUT2D eigenvalue weighted by Crippen LogP contribution is 2.46. The van der Waals surface area contributed by atoms with Crippen molar-refractivity contribution in [1.82, 2.24) is 10.2 Å². The van der Waals surface area contributed by atoms with Crippen LogP contribution in [0.2, 0.25) is 6.82 Å². The summed E-state index contributed by atoms with van der Waals surface area (Å²) in [6, 6.07) is 11.6. The van der Waals surface area contributed by atoms with Crippen LogP contribution in [-0.4, -0.2) is 43.4 Å². The van der Waals surface area contributed by atoms with Gasteiger partial charge in [0.15, 0.2) is 7.28 Å². The standard InChI is InChI=1S/C27H37BN2O3S/c1-26(2,3)20-12-15-27(16-13-20)29-23(21-10-11-22(28-4)34-21)24(31)30(27)17-14-18-6-8-19(9-7-18)25(32)33-5/h6-11,20,23,28-29H,12-17H2,1-5H3. The molecule has 1 N–H and O–H groups in total. The van der Waals surface area contributed by atoms with Gasteiger partial charge in [-0.05, 0) is 72.0 Å². The average molecular weight is 480 g/mol. The first kappa shape index (κ1) is 25.0. The lowest BCUT2D eigenvalue weighted by molar-refractivity contribution is -0.133. The summed E-state index contributed by atoms with van der Waals surface area (Å²) in [7, 11) is 2.39. The van der Waals surface area contributed by atoms with Crippen LogP contribution in [0.4, 0.5) is 0 Å². The molecule has 1 saturated carbocycles. The topological polar surface area (TPSA) is 58.6 Å². The Morgan fingerprint density at radius 3 is 2.41 bits per heavy atom. The Balaban J connectivity index is 1.54. The quantitative estimate of drug-likeness (QED) is 0.495. The summed E-state index contributed by atoms with van der Waals surface area (Å²) in [5.41, 5.74) is 1.68. The summed E-state index contributed by atoms with van der Waals surface area (Å²) in [5.74, 6) is 0.547. The van der Waals surface area contributed by atoms with Crippen molar-refractivity contribution in [2.24, 2.45) is 11.3 Å². The van der Waals surface area contributed by atoms with E-state index in [0.29, 0.717) is 23.4 Å². The van der Waals surface area contributed by atoms with Gasteiger partial charge in [-0.3, -0.25) is 10.1 Å². The second-order valence-corrected chi connectivity index (χ2v) is 12.0. The van der Waals surface area contributed by atoms with Gasteiger partial charge in [0.1, 0.15) is 6.04 Å². The van der Waals surface area contributed by atoms with Gasteiger partial charge < -0.3 is 9.64 Å². The van der Waals surface area contributed by atoms with Crippen LogP contribution in [0.15, 0.2) is 36.4 Å². The maximum Gasteiger partial charge on any atom is 0.337 e. The van der Waals surface area contributed by atoms with Gasteiger partial charge in [0.25, 0.3) is 0 Å². The number of amides is 1. The first-order chi connectivity index (χ1) is 16.2. The summed E-state index contributed by atoms with van der Waals surface area (Å²) in [4.78, 5) is 28.8. The lowest BCUT2D eigenvalue weighted by atomic mass is 9.69. The van der Waals surface area contributed by atoms with Crippen LogP contribution in [0.1, 0.15) is 73.3 Å². The molecule has 1 saturated heterocycles. The van der Waals surface area contributed by atoms with Crippen LogP contribution in [0, 0.1) is 11.3 Å². The summed E-state index contributed by atoms with van der Waals surface area (Å²) in [6.07, 6.45) is 5.00. The fourth-order valence-electron chi connectivity index (χ4n) is 5.57. The molecule has 1 aliphatic carbocycles. The summed E-state index contributed by atoms with van der Waals surface area (Å²) < 4.78 is 6.12. The minimum Gasteiger partial charge on any atom is -0.465 e. The maximum atomic E-state index is 13.8. The van der Waals surface area contributed by atoms with Crippen molar-refractivity contribution in [3.63, 3.8) is 0 Å². The molecule has 1 aliphatic heterocycles. The SMILES string of the molecule is CBc1ccc(C2NC3(CCC(C(C)(C)C)CC3)N(CCc3ccc(C(=O)OC)cc3)C2=O)s1. The average Bonchev–Trinajstić information content (AvgIpc) is 3.40. The van der Waals surface area contributed by atoms with E-state index in [1.54, 1.807) is 23.5 Å². The van der Waals surface area contributed by atoms with Crippen LogP contribution in [0.3, 0.4) is 0 Å². The van der Waals surface area contributed by atoms with E-state index < -0.39 is 0 Å². The van der Waals surface area contributed by atoms with Gasteiger partial charge in [0.2, 0.25) is 5.91 Å². The van der Waals surface area contributed by atoms with Gasteiger partial charge in [-0.15, -0.1) is 0 Å². The maximum absolute atomic E-state index is 13.8. The molecule has 2 fully saturated rings. The predicted octanol–water partition coefficient (Wildman–Crippen LogP) is 4.29. The van der Waals surface area contributed by atoms with Gasteiger partial charge >= 0.3 is 5.97 Å². The molecule has 1 amide bonds. The fourth-order valence-corrected chi connectivity index (χ4v) is 6.57. The Bertz CT molecular complexity index is 1020. The van der Waals surface area contributed by atoms with Gasteiger partial charge in [-0.1, -0.05) is 45.8 Å². The Hall–Kier alpha value is -2.12. The number of methoxy groups -OCH3 is 1. The smallest absolute Gasteiger partial charge is 0.337 e. The third-order valence-corrected chi connectivity index (χ3v) is 9.09. The summed E-state index contributed by atoms with van der Waals surface area (Å²) in [6.45, 7) is 9.83. The van der Waals surface area contributed by atoms with Crippen molar-refractivity contribution in [3.05, 3.63) is 52.4 Å². The van der Waals surface area contributed by atoms with E-state index in [1.165, 1.54) is 11.9 Å². The van der Waals surface area contributed by atoms with E-state index in [4.69, 9.17) is 4.74 Å². The number of nitrogens with zero attached hydrogens (tertiary/aromatic N) is 1. The Morgan fingerprint density at radius 1 is 1.18 bits per heavy atom. The van der Waals surface area contributed by atoms with Crippen molar-refractivity contribution in [2.75, 3.05) is 13.7 Å². The molecule has 1 spiro atoms. The van der Waals surface area contributed by atoms with Crippen LogP contribution >= 0.6 is 11.3 Å². The number of carbonyl (C=O) groups is 2. The monoisotopic (exact) mass is 480 g/mol. The lowest BCUT2D eigenvalue weighted by Gasteiger charge is -2.46. The second-order valence-electron chi connectivity index (χ2n) is 10.8. The molecule has 1 atom stereocenters. The lowest BCUT2D eigenvalue weighted by Crippen LogP contribution is -2.55. The van der Waals surface area contributed by atoms with Gasteiger partial charge in [0, 0.05) is 11.4 Å². The normalized spacial score (nSPS) is 25.1. The first-order valence-corrected chi connectivity index (χ1v) is 13.3. The van der Waals surface area contributed by atoms with E-state index in [1.807, 2.05) is 12.1 Å². The molecule has 0 radical (unpaired) electrons. The Kier molecular flexibility index (Phi) is 7.25. The predicted molar refractivity (Wildman–Crippen MR) is 140 cm³/mol. The van der Waals surface area contributed by atoms with Crippen molar-refractivity contribution in [2.45, 2.75) is 71.4 Å². The molecule has 182 valence electrons. The first-order valence-electron chi connectivity index (χ1n) is 12.5. The minimum absolute atomic E-state index is 0.199. The highest BCUT2D eigenvalue weighted by atomic mass is 32.1. The van der Waals surface area contributed by atoms with E-state index >= 15 is 0 Å². The molecule has 2 aliphatic rings. The van der Waals surface area contributed by atoms with Crippen molar-refractivity contribution in [3.8, 4) is 0 Å². The third-order valence-electron chi connectivity index (χ3n) is 7.79. The minimum atomic E-state index is -0.328. The number of rotatable bonds is 6. The van der Waals surface area contributed by atoms with E-state index in [9.17, 15) is 9.59 Å². The molecule has 2 aromatic rings. The van der Waals surface area contributed by atoms with Crippen LogP contribution in [0.25, 0.3) is 0 Å². The van der Waals surface area contributed by atoms with Crippen molar-refractivity contribution < 1.29 is 14.3 Å². The molecule has 0 bridgehead atoms. The summed E-state index contributed by atoms with van der Waals surface area (Å²) >= 11 is 1.76. The van der Waals surface area contributed by atoms with Gasteiger partial charge in [0.05, 0.1) is 18.3 Å². The zero-order chi connectivity index (χ0) is 24.5. The van der Waals surface area contributed by atoms with Gasteiger partial charge in [-0.2, -0.15) is 11.3 Å². The molecule has 1 aromatic carbocycles. The third kappa shape index (κ3) is 4.96. The molecule has 7 heteroatoms. The Labute approximate surface area is 208 Å². The highest BCUT2D eigenvalue weighted by molar-refractivity contribution is 7.21. The Morgan fingerprint density at radius 2 is 1.85 bits per heavy atom. The second kappa shape index (κ2) is 9.86. The van der Waals surface area contributed by atoms with Gasteiger partial charge in [-0.25, -0.2) is 4.79 Å². The number of esters is 1. The highest BCUT2D eigenvalue weighted by Gasteiger charge is 2.52. The molecule has 1 unspecified atom stereocenters. The van der Waals surface area contributed by atoms with Crippen LogP contribution in [-0.2, 0) is 16.0 Å². The molecule has 5 nitrogen and oxygen atoms in total. The zero-order valence-corrected chi connectivity index (χ0v) is 22.0. The van der Waals surface area contributed by atoms with Crippen molar-refractivity contribution >= 4 is 35.3 Å². The largest absolute Gasteiger partial charge is 0.465 e. The number of carbonyl (C=O) groups excluding carboxylic acids is 2. The number of hydrogen-bond donors (Lipinski definition) is 1. The van der Waals surface area contributed by atoms with E-state index in [2.05, 4.69) is 49.9 Å².